The van der Waals surface area contributed by atoms with Crippen LogP contribution < -0.4 is 10.6 Å². The average Bonchev–Trinajstić information content (AvgIpc) is 2.49. The Kier molecular flexibility index (Phi) is 5.58. The third kappa shape index (κ3) is 3.95. The Hall–Kier alpha value is -1.14. The number of nitrogens with zero attached hydrogens (tertiary/aromatic N) is 1. The van der Waals surface area contributed by atoms with Crippen molar-refractivity contribution in [1.82, 2.24) is 15.5 Å². The molecule has 2 N–H and O–H groups in total. The minimum atomic E-state index is -0.391. The molecule has 2 saturated heterocycles. The van der Waals surface area contributed by atoms with E-state index in [1.54, 1.807) is 14.0 Å². The average molecular weight is 297 g/mol. The van der Waals surface area contributed by atoms with Crippen molar-refractivity contribution in [3.63, 3.8) is 0 Å². The highest BCUT2D eigenvalue weighted by atomic mass is 16.5. The molecule has 2 rings (SSSR count). The molecule has 2 heterocycles. The van der Waals surface area contributed by atoms with E-state index < -0.39 is 5.41 Å². The molecule has 6 heteroatoms. The standard InChI is InChI=1S/C15H27N3O3/c1-12(19)18-9-3-13(4-10-18)17-14(20)15(11-21-2)5-7-16-8-6-15/h13,16H,3-11H2,1-2H3,(H,17,20). The van der Waals surface area contributed by atoms with Crippen molar-refractivity contribution in [2.75, 3.05) is 39.9 Å². The molecule has 0 unspecified atom stereocenters. The van der Waals surface area contributed by atoms with Crippen LogP contribution in [-0.4, -0.2) is 62.7 Å². The molecule has 120 valence electrons. The molecular formula is C15H27N3O3. The Balaban J connectivity index is 1.89. The van der Waals surface area contributed by atoms with Gasteiger partial charge in [-0.05, 0) is 38.8 Å². The SMILES string of the molecule is COCC1(C(=O)NC2CCN(C(C)=O)CC2)CCNCC1. The molecule has 2 aliphatic rings. The molecule has 21 heavy (non-hydrogen) atoms. The van der Waals surface area contributed by atoms with Crippen LogP contribution in [0, 0.1) is 5.41 Å². The summed E-state index contributed by atoms with van der Waals surface area (Å²) in [5.41, 5.74) is -0.391. The molecule has 0 aromatic rings. The van der Waals surface area contributed by atoms with Gasteiger partial charge >= 0.3 is 0 Å². The van der Waals surface area contributed by atoms with E-state index in [2.05, 4.69) is 10.6 Å². The maximum absolute atomic E-state index is 12.7. The lowest BCUT2D eigenvalue weighted by molar-refractivity contribution is -0.137. The normalized spacial score (nSPS) is 22.9. The predicted octanol–water partition coefficient (Wildman–Crippen LogP) is 0.130. The van der Waals surface area contributed by atoms with E-state index in [9.17, 15) is 9.59 Å². The zero-order valence-electron chi connectivity index (χ0n) is 13.1. The second-order valence-electron chi connectivity index (χ2n) is 6.22. The summed E-state index contributed by atoms with van der Waals surface area (Å²) in [7, 11) is 1.66. The van der Waals surface area contributed by atoms with Crippen LogP contribution >= 0.6 is 0 Å². The molecule has 2 amide bonds. The van der Waals surface area contributed by atoms with Gasteiger partial charge in [0.15, 0.2) is 0 Å². The zero-order chi connectivity index (χ0) is 15.3. The Labute approximate surface area is 126 Å². The lowest BCUT2D eigenvalue weighted by atomic mass is 9.78. The molecule has 0 atom stereocenters. The number of amides is 2. The topological polar surface area (TPSA) is 70.7 Å². The van der Waals surface area contributed by atoms with Gasteiger partial charge < -0.3 is 20.3 Å². The molecule has 0 aliphatic carbocycles. The Bertz CT molecular complexity index is 367. The largest absolute Gasteiger partial charge is 0.384 e. The molecule has 2 fully saturated rings. The van der Waals surface area contributed by atoms with Gasteiger partial charge in [0.2, 0.25) is 11.8 Å². The fourth-order valence-corrected chi connectivity index (χ4v) is 3.30. The van der Waals surface area contributed by atoms with Crippen LogP contribution in [0.4, 0.5) is 0 Å². The number of nitrogens with one attached hydrogen (secondary N) is 2. The molecule has 0 spiro atoms. The number of hydrogen-bond acceptors (Lipinski definition) is 4. The molecule has 0 bridgehead atoms. The first-order valence-electron chi connectivity index (χ1n) is 7.83. The van der Waals surface area contributed by atoms with Crippen LogP contribution in [0.2, 0.25) is 0 Å². The first-order valence-corrected chi connectivity index (χ1v) is 7.83. The van der Waals surface area contributed by atoms with E-state index in [-0.39, 0.29) is 17.9 Å². The summed E-state index contributed by atoms with van der Waals surface area (Å²) in [5, 5.41) is 6.48. The van der Waals surface area contributed by atoms with Crippen LogP contribution in [0.1, 0.15) is 32.6 Å². The van der Waals surface area contributed by atoms with Crippen LogP contribution in [0.5, 0.6) is 0 Å². The molecule has 6 nitrogen and oxygen atoms in total. The van der Waals surface area contributed by atoms with Crippen LogP contribution in [-0.2, 0) is 14.3 Å². The number of rotatable bonds is 4. The first-order chi connectivity index (χ1) is 10.1. The second kappa shape index (κ2) is 7.22. The fraction of sp³-hybridized carbons (Fsp3) is 0.867. The summed E-state index contributed by atoms with van der Waals surface area (Å²) >= 11 is 0. The number of carbonyl (C=O) groups is 2. The van der Waals surface area contributed by atoms with Crippen LogP contribution in [0.25, 0.3) is 0 Å². The van der Waals surface area contributed by atoms with Crippen molar-refractivity contribution in [3.8, 4) is 0 Å². The molecular weight excluding hydrogens is 270 g/mol. The van der Waals surface area contributed by atoms with Crippen molar-refractivity contribution in [2.24, 2.45) is 5.41 Å². The van der Waals surface area contributed by atoms with Gasteiger partial charge in [-0.3, -0.25) is 9.59 Å². The van der Waals surface area contributed by atoms with Crippen LogP contribution in [0.3, 0.4) is 0 Å². The zero-order valence-corrected chi connectivity index (χ0v) is 13.1. The first kappa shape index (κ1) is 16.2. The van der Waals surface area contributed by atoms with Crippen molar-refractivity contribution in [3.05, 3.63) is 0 Å². The molecule has 0 aromatic heterocycles. The highest BCUT2D eigenvalue weighted by Gasteiger charge is 2.40. The predicted molar refractivity (Wildman–Crippen MR) is 79.8 cm³/mol. The van der Waals surface area contributed by atoms with Gasteiger partial charge in [0.05, 0.1) is 12.0 Å². The summed E-state index contributed by atoms with van der Waals surface area (Å²) < 4.78 is 5.30. The highest BCUT2D eigenvalue weighted by molar-refractivity contribution is 5.83. The monoisotopic (exact) mass is 297 g/mol. The van der Waals surface area contributed by atoms with Gasteiger partial charge in [0, 0.05) is 33.2 Å². The molecule has 0 saturated carbocycles. The third-order valence-corrected chi connectivity index (χ3v) is 4.74. The summed E-state index contributed by atoms with van der Waals surface area (Å²) in [6, 6.07) is 0.178. The number of hydrogen-bond donors (Lipinski definition) is 2. The van der Waals surface area contributed by atoms with Gasteiger partial charge in [-0.2, -0.15) is 0 Å². The lowest BCUT2D eigenvalue weighted by Gasteiger charge is -2.38. The number of methoxy groups -OCH3 is 1. The summed E-state index contributed by atoms with van der Waals surface area (Å²) in [5.74, 6) is 0.237. The fourth-order valence-electron chi connectivity index (χ4n) is 3.30. The smallest absolute Gasteiger partial charge is 0.228 e. The third-order valence-electron chi connectivity index (χ3n) is 4.74. The minimum absolute atomic E-state index is 0.118. The number of ether oxygens (including phenoxy) is 1. The van der Waals surface area contributed by atoms with Crippen LogP contribution in [0.15, 0.2) is 0 Å². The number of piperidine rings is 2. The van der Waals surface area contributed by atoms with Crippen molar-refractivity contribution >= 4 is 11.8 Å². The maximum atomic E-state index is 12.7. The molecule has 2 aliphatic heterocycles. The lowest BCUT2D eigenvalue weighted by Crippen LogP contribution is -2.54. The summed E-state index contributed by atoms with van der Waals surface area (Å²) in [4.78, 5) is 25.9. The Morgan fingerprint density at radius 1 is 1.29 bits per heavy atom. The van der Waals surface area contributed by atoms with E-state index in [1.807, 2.05) is 4.90 Å². The minimum Gasteiger partial charge on any atom is -0.384 e. The van der Waals surface area contributed by atoms with Crippen molar-refractivity contribution < 1.29 is 14.3 Å². The Morgan fingerprint density at radius 2 is 1.90 bits per heavy atom. The number of carbonyl (C=O) groups excluding carboxylic acids is 2. The summed E-state index contributed by atoms with van der Waals surface area (Å²) in [6.45, 7) is 5.27. The van der Waals surface area contributed by atoms with Crippen molar-refractivity contribution in [1.29, 1.82) is 0 Å². The second-order valence-corrected chi connectivity index (χ2v) is 6.22. The molecule has 0 radical (unpaired) electrons. The van der Waals surface area contributed by atoms with E-state index in [4.69, 9.17) is 4.74 Å². The van der Waals surface area contributed by atoms with Gasteiger partial charge in [-0.1, -0.05) is 0 Å². The van der Waals surface area contributed by atoms with Gasteiger partial charge in [0.1, 0.15) is 0 Å². The Morgan fingerprint density at radius 3 is 2.43 bits per heavy atom. The van der Waals surface area contributed by atoms with E-state index in [0.29, 0.717) is 6.61 Å². The van der Waals surface area contributed by atoms with Gasteiger partial charge in [-0.25, -0.2) is 0 Å². The van der Waals surface area contributed by atoms with E-state index >= 15 is 0 Å². The van der Waals surface area contributed by atoms with E-state index in [1.165, 1.54) is 0 Å². The quantitative estimate of drug-likeness (QED) is 0.774. The maximum Gasteiger partial charge on any atom is 0.228 e. The van der Waals surface area contributed by atoms with Crippen molar-refractivity contribution in [2.45, 2.75) is 38.6 Å². The van der Waals surface area contributed by atoms with Gasteiger partial charge in [0.25, 0.3) is 0 Å². The molecule has 0 aromatic carbocycles. The summed E-state index contributed by atoms with van der Waals surface area (Å²) in [6.07, 6.45) is 3.32. The number of likely N-dealkylation sites (tertiary alicyclic amines) is 1. The highest BCUT2D eigenvalue weighted by Crippen LogP contribution is 2.30. The van der Waals surface area contributed by atoms with E-state index in [0.717, 1.165) is 51.9 Å². The van der Waals surface area contributed by atoms with Gasteiger partial charge in [-0.15, -0.1) is 0 Å².